The fourth-order valence-corrected chi connectivity index (χ4v) is 3.35. The summed E-state index contributed by atoms with van der Waals surface area (Å²) >= 11 is 0. The topological polar surface area (TPSA) is 63.5 Å². The van der Waals surface area contributed by atoms with E-state index in [1.807, 2.05) is 0 Å². The Hall–Kier alpha value is -2.41. The van der Waals surface area contributed by atoms with Gasteiger partial charge in [0.2, 0.25) is 0 Å². The highest BCUT2D eigenvalue weighted by atomic mass is 16.5. The first-order valence-corrected chi connectivity index (χ1v) is 9.19. The van der Waals surface area contributed by atoms with Gasteiger partial charge >= 0.3 is 5.97 Å². The third kappa shape index (κ3) is 4.60. The number of carbonyl (C=O) groups is 1. The molecule has 2 aromatic rings. The number of aryl methyl sites for hydroxylation is 2. The molecule has 1 aromatic carbocycles. The van der Waals surface area contributed by atoms with Crippen molar-refractivity contribution in [2.45, 2.75) is 26.3 Å². The standard InChI is InChI=1S/C19H27N5O2/c1-16-7-3-4-8-18(16)23-13-11-22(12-14-23)9-5-6-10-24-15-17(20-21-24)19(25)26-2/h3-4,7-8,15H,5-6,9-14H2,1-2H3. The number of nitrogens with zero attached hydrogens (tertiary/aromatic N) is 5. The van der Waals surface area contributed by atoms with E-state index in [4.69, 9.17) is 0 Å². The van der Waals surface area contributed by atoms with Gasteiger partial charge < -0.3 is 9.64 Å². The number of hydrogen-bond acceptors (Lipinski definition) is 6. The molecule has 0 saturated carbocycles. The lowest BCUT2D eigenvalue weighted by atomic mass is 10.1. The largest absolute Gasteiger partial charge is 0.464 e. The first-order valence-electron chi connectivity index (χ1n) is 9.19. The van der Waals surface area contributed by atoms with Gasteiger partial charge in [0.05, 0.1) is 13.3 Å². The van der Waals surface area contributed by atoms with Crippen LogP contribution in [-0.4, -0.2) is 65.7 Å². The number of hydrogen-bond donors (Lipinski definition) is 0. The van der Waals surface area contributed by atoms with Gasteiger partial charge in [-0.25, -0.2) is 4.79 Å². The third-order valence-corrected chi connectivity index (χ3v) is 4.87. The summed E-state index contributed by atoms with van der Waals surface area (Å²) in [7, 11) is 1.35. The molecule has 0 spiro atoms. The molecule has 1 aromatic heterocycles. The lowest BCUT2D eigenvalue weighted by Crippen LogP contribution is -2.46. The van der Waals surface area contributed by atoms with Gasteiger partial charge in [-0.3, -0.25) is 9.58 Å². The molecule has 0 aliphatic carbocycles. The first kappa shape index (κ1) is 18.4. The number of ether oxygens (including phenoxy) is 1. The highest BCUT2D eigenvalue weighted by molar-refractivity contribution is 5.86. The van der Waals surface area contributed by atoms with Gasteiger partial charge in [-0.15, -0.1) is 5.10 Å². The van der Waals surface area contributed by atoms with Crippen LogP contribution in [0.4, 0.5) is 5.69 Å². The van der Waals surface area contributed by atoms with Crippen molar-refractivity contribution in [1.29, 1.82) is 0 Å². The molecule has 26 heavy (non-hydrogen) atoms. The maximum atomic E-state index is 11.4. The number of anilines is 1. The average Bonchev–Trinajstić information content (AvgIpc) is 3.14. The van der Waals surface area contributed by atoms with Crippen LogP contribution in [0.5, 0.6) is 0 Å². The molecule has 0 atom stereocenters. The maximum Gasteiger partial charge on any atom is 0.360 e. The van der Waals surface area contributed by atoms with Crippen LogP contribution in [0, 0.1) is 6.92 Å². The van der Waals surface area contributed by atoms with Gasteiger partial charge in [0.25, 0.3) is 0 Å². The Kier molecular flexibility index (Phi) is 6.22. The number of rotatable bonds is 7. The van der Waals surface area contributed by atoms with Gasteiger partial charge in [0.15, 0.2) is 5.69 Å². The number of methoxy groups -OCH3 is 1. The van der Waals surface area contributed by atoms with Crippen LogP contribution in [-0.2, 0) is 11.3 Å². The van der Waals surface area contributed by atoms with Crippen molar-refractivity contribution < 1.29 is 9.53 Å². The summed E-state index contributed by atoms with van der Waals surface area (Å²) in [6.45, 7) is 8.41. The Morgan fingerprint density at radius 1 is 1.12 bits per heavy atom. The van der Waals surface area contributed by atoms with Crippen LogP contribution in [0.3, 0.4) is 0 Å². The lowest BCUT2D eigenvalue weighted by Gasteiger charge is -2.36. The van der Waals surface area contributed by atoms with Crippen molar-refractivity contribution in [3.8, 4) is 0 Å². The first-order chi connectivity index (χ1) is 12.7. The van der Waals surface area contributed by atoms with Gasteiger partial charge in [-0.2, -0.15) is 0 Å². The summed E-state index contributed by atoms with van der Waals surface area (Å²) < 4.78 is 6.35. The summed E-state index contributed by atoms with van der Waals surface area (Å²) in [5.74, 6) is -0.442. The molecule has 140 valence electrons. The molecular weight excluding hydrogens is 330 g/mol. The number of carbonyl (C=O) groups excluding carboxylic acids is 1. The van der Waals surface area contributed by atoms with Crippen LogP contribution in [0.2, 0.25) is 0 Å². The van der Waals surface area contributed by atoms with E-state index in [1.165, 1.54) is 18.4 Å². The molecule has 1 aliphatic rings. The van der Waals surface area contributed by atoms with Crippen molar-refractivity contribution in [3.63, 3.8) is 0 Å². The highest BCUT2D eigenvalue weighted by Crippen LogP contribution is 2.20. The van der Waals surface area contributed by atoms with E-state index in [1.54, 1.807) is 10.9 Å². The van der Waals surface area contributed by atoms with E-state index >= 15 is 0 Å². The number of esters is 1. The Bertz CT molecular complexity index is 722. The van der Waals surface area contributed by atoms with Crippen molar-refractivity contribution in [2.75, 3.05) is 44.7 Å². The zero-order chi connectivity index (χ0) is 18.4. The fraction of sp³-hybridized carbons (Fsp3) is 0.526. The molecule has 0 N–H and O–H groups in total. The van der Waals surface area contributed by atoms with Crippen molar-refractivity contribution in [1.82, 2.24) is 19.9 Å². The van der Waals surface area contributed by atoms with Crippen molar-refractivity contribution in [2.24, 2.45) is 0 Å². The predicted molar refractivity (Wildman–Crippen MR) is 100 cm³/mol. The number of aromatic nitrogens is 3. The predicted octanol–water partition coefficient (Wildman–Crippen LogP) is 1.98. The summed E-state index contributed by atoms with van der Waals surface area (Å²) in [6, 6.07) is 8.60. The van der Waals surface area contributed by atoms with Crippen LogP contribution in [0.25, 0.3) is 0 Å². The monoisotopic (exact) mass is 357 g/mol. The Labute approximate surface area is 154 Å². The lowest BCUT2D eigenvalue weighted by molar-refractivity contribution is 0.0594. The average molecular weight is 357 g/mol. The molecule has 1 fully saturated rings. The van der Waals surface area contributed by atoms with E-state index in [0.717, 1.165) is 52.1 Å². The van der Waals surface area contributed by atoms with Crippen molar-refractivity contribution >= 4 is 11.7 Å². The fourth-order valence-electron chi connectivity index (χ4n) is 3.35. The molecule has 2 heterocycles. The van der Waals surface area contributed by atoms with Gasteiger partial charge in [0.1, 0.15) is 0 Å². The molecule has 7 heteroatoms. The van der Waals surface area contributed by atoms with Gasteiger partial charge in [0, 0.05) is 38.4 Å². The molecule has 3 rings (SSSR count). The number of para-hydroxylation sites is 1. The van der Waals surface area contributed by atoms with Gasteiger partial charge in [-0.1, -0.05) is 23.4 Å². The zero-order valence-electron chi connectivity index (χ0n) is 15.6. The highest BCUT2D eigenvalue weighted by Gasteiger charge is 2.17. The number of piperazine rings is 1. The van der Waals surface area contributed by atoms with E-state index in [2.05, 4.69) is 56.0 Å². The number of benzene rings is 1. The molecule has 0 radical (unpaired) electrons. The Morgan fingerprint density at radius 2 is 1.85 bits per heavy atom. The van der Waals surface area contributed by atoms with E-state index in [-0.39, 0.29) is 5.69 Å². The minimum atomic E-state index is -0.442. The zero-order valence-corrected chi connectivity index (χ0v) is 15.6. The summed E-state index contributed by atoms with van der Waals surface area (Å²) in [5, 5.41) is 7.79. The molecule has 1 aliphatic heterocycles. The molecule has 0 unspecified atom stereocenters. The summed E-state index contributed by atoms with van der Waals surface area (Å²) in [5.41, 5.74) is 2.97. The second-order valence-corrected chi connectivity index (χ2v) is 6.68. The molecular formula is C19H27N5O2. The van der Waals surface area contributed by atoms with Crippen LogP contribution in [0.15, 0.2) is 30.5 Å². The smallest absolute Gasteiger partial charge is 0.360 e. The van der Waals surface area contributed by atoms with E-state index < -0.39 is 5.97 Å². The SMILES string of the molecule is COC(=O)c1cn(CCCCN2CCN(c3ccccc3C)CC2)nn1. The van der Waals surface area contributed by atoms with Gasteiger partial charge in [-0.05, 0) is 37.9 Å². The third-order valence-electron chi connectivity index (χ3n) is 4.87. The van der Waals surface area contributed by atoms with E-state index in [9.17, 15) is 4.79 Å². The van der Waals surface area contributed by atoms with Crippen LogP contribution in [0.1, 0.15) is 28.9 Å². The summed E-state index contributed by atoms with van der Waals surface area (Å²) in [4.78, 5) is 16.4. The Morgan fingerprint density at radius 3 is 2.58 bits per heavy atom. The summed E-state index contributed by atoms with van der Waals surface area (Å²) in [6.07, 6.45) is 3.77. The van der Waals surface area contributed by atoms with E-state index in [0.29, 0.717) is 0 Å². The molecule has 7 nitrogen and oxygen atoms in total. The second kappa shape index (κ2) is 8.80. The number of unbranched alkanes of at least 4 members (excludes halogenated alkanes) is 1. The molecule has 1 saturated heterocycles. The second-order valence-electron chi connectivity index (χ2n) is 6.68. The Balaban J connectivity index is 1.36. The molecule has 0 amide bonds. The van der Waals surface area contributed by atoms with Crippen LogP contribution >= 0.6 is 0 Å². The maximum absolute atomic E-state index is 11.4. The van der Waals surface area contributed by atoms with Crippen LogP contribution < -0.4 is 4.90 Å². The minimum Gasteiger partial charge on any atom is -0.464 e. The normalized spacial score (nSPS) is 15.2. The van der Waals surface area contributed by atoms with Crippen molar-refractivity contribution in [3.05, 3.63) is 41.7 Å². The minimum absolute atomic E-state index is 0.264. The molecule has 0 bridgehead atoms. The quantitative estimate of drug-likeness (QED) is 0.558.